The zero-order chi connectivity index (χ0) is 15.5. The summed E-state index contributed by atoms with van der Waals surface area (Å²) in [5.41, 5.74) is 2.25. The molecule has 0 fully saturated rings. The van der Waals surface area contributed by atoms with Gasteiger partial charge in [-0.1, -0.05) is 33.8 Å². The average Bonchev–Trinajstić information content (AvgIpc) is 2.83. The molecule has 0 spiro atoms. The fraction of sp³-hybridized carbons (Fsp3) is 0.588. The molecule has 3 nitrogen and oxygen atoms in total. The molecule has 0 saturated heterocycles. The Hall–Kier alpha value is -1.22. The van der Waals surface area contributed by atoms with Gasteiger partial charge in [0.25, 0.3) is 0 Å². The van der Waals surface area contributed by atoms with E-state index in [1.807, 2.05) is 12.1 Å². The van der Waals surface area contributed by atoms with Gasteiger partial charge in [-0.05, 0) is 30.4 Å². The van der Waals surface area contributed by atoms with Crippen LogP contribution >= 0.6 is 11.6 Å². The van der Waals surface area contributed by atoms with Gasteiger partial charge in [0.15, 0.2) is 0 Å². The van der Waals surface area contributed by atoms with Crippen molar-refractivity contribution in [1.82, 2.24) is 9.55 Å². The van der Waals surface area contributed by atoms with E-state index in [0.29, 0.717) is 12.5 Å². The molecule has 1 aromatic heterocycles. The molecule has 0 atom stereocenters. The number of rotatable bonds is 7. The van der Waals surface area contributed by atoms with Crippen LogP contribution in [0.2, 0.25) is 0 Å². The minimum absolute atomic E-state index is 0.217. The Morgan fingerprint density at radius 2 is 2.05 bits per heavy atom. The number of ether oxygens (including phenoxy) is 1. The monoisotopic (exact) mass is 308 g/mol. The van der Waals surface area contributed by atoms with E-state index in [-0.39, 0.29) is 5.41 Å². The second kappa shape index (κ2) is 6.69. The predicted molar refractivity (Wildman–Crippen MR) is 89.1 cm³/mol. The molecule has 0 N–H and O–H groups in total. The molecular weight excluding hydrogens is 284 g/mol. The second-order valence-electron chi connectivity index (χ2n) is 6.24. The number of alkyl halides is 1. The number of aromatic nitrogens is 2. The van der Waals surface area contributed by atoms with Gasteiger partial charge in [-0.25, -0.2) is 4.98 Å². The normalized spacial score (nSPS) is 12.0. The minimum Gasteiger partial charge on any atom is -0.491 e. The summed E-state index contributed by atoms with van der Waals surface area (Å²) in [5, 5.41) is 0. The largest absolute Gasteiger partial charge is 0.491 e. The van der Waals surface area contributed by atoms with Crippen LogP contribution in [0.15, 0.2) is 18.2 Å². The summed E-state index contributed by atoms with van der Waals surface area (Å²) in [6, 6.07) is 6.11. The third-order valence-electron chi connectivity index (χ3n) is 3.95. The topological polar surface area (TPSA) is 27.1 Å². The first-order valence-corrected chi connectivity index (χ1v) is 8.22. The minimum atomic E-state index is 0.217. The lowest BCUT2D eigenvalue weighted by Crippen LogP contribution is -2.19. The first-order chi connectivity index (χ1) is 10.0. The Bertz CT molecular complexity index is 604. The number of fused-ring (bicyclic) bond motifs is 1. The van der Waals surface area contributed by atoms with Crippen LogP contribution in [0.3, 0.4) is 0 Å². The molecule has 0 aliphatic rings. The Kier molecular flexibility index (Phi) is 5.15. The van der Waals surface area contributed by atoms with Crippen LogP contribution in [0.5, 0.6) is 5.75 Å². The lowest BCUT2D eigenvalue weighted by molar-refractivity contribution is 0.295. The highest BCUT2D eigenvalue weighted by Gasteiger charge is 2.21. The average molecular weight is 309 g/mol. The number of hydrogen-bond donors (Lipinski definition) is 0. The third-order valence-corrected chi connectivity index (χ3v) is 4.18. The van der Waals surface area contributed by atoms with E-state index in [4.69, 9.17) is 21.3 Å². The Morgan fingerprint density at radius 3 is 2.67 bits per heavy atom. The number of para-hydroxylation sites is 1. The number of nitrogens with zero attached hydrogens (tertiary/aromatic N) is 2. The predicted octanol–water partition coefficient (Wildman–Crippen LogP) is 5.00. The van der Waals surface area contributed by atoms with Gasteiger partial charge in [0.2, 0.25) is 0 Å². The van der Waals surface area contributed by atoms with Gasteiger partial charge in [-0.15, -0.1) is 11.6 Å². The van der Waals surface area contributed by atoms with Crippen molar-refractivity contribution in [3.8, 4) is 5.75 Å². The number of imidazole rings is 1. The van der Waals surface area contributed by atoms with Gasteiger partial charge in [-0.3, -0.25) is 0 Å². The molecule has 0 aliphatic heterocycles. The molecule has 0 aliphatic carbocycles. The molecule has 0 unspecified atom stereocenters. The summed E-state index contributed by atoms with van der Waals surface area (Å²) in [6.45, 7) is 10.5. The van der Waals surface area contributed by atoms with Crippen LogP contribution in [0.4, 0.5) is 0 Å². The quantitative estimate of drug-likeness (QED) is 0.673. The number of benzene rings is 1. The first-order valence-electron chi connectivity index (χ1n) is 7.69. The molecule has 21 heavy (non-hydrogen) atoms. The summed E-state index contributed by atoms with van der Waals surface area (Å²) in [4.78, 5) is 4.71. The SMILES string of the molecule is CCCOc1cccc2c1nc(CCl)n2CC(C)(C)CC. The van der Waals surface area contributed by atoms with E-state index < -0.39 is 0 Å². The van der Waals surface area contributed by atoms with Crippen molar-refractivity contribution in [3.63, 3.8) is 0 Å². The number of halogens is 1. The van der Waals surface area contributed by atoms with Crippen LogP contribution in [-0.2, 0) is 12.4 Å². The summed E-state index contributed by atoms with van der Waals surface area (Å²) < 4.78 is 8.06. The standard InChI is InChI=1S/C17H25ClN2O/c1-5-10-21-14-9-7-8-13-16(14)19-15(11-18)20(13)12-17(3,4)6-2/h7-9H,5-6,10-12H2,1-4H3. The van der Waals surface area contributed by atoms with Crippen molar-refractivity contribution in [2.75, 3.05) is 6.61 Å². The maximum absolute atomic E-state index is 6.11. The maximum Gasteiger partial charge on any atom is 0.147 e. The summed E-state index contributed by atoms with van der Waals surface area (Å²) in [5.74, 6) is 2.19. The van der Waals surface area contributed by atoms with Crippen LogP contribution in [0.1, 0.15) is 46.4 Å². The van der Waals surface area contributed by atoms with E-state index in [1.165, 1.54) is 0 Å². The Labute approximate surface area is 132 Å². The van der Waals surface area contributed by atoms with Crippen LogP contribution < -0.4 is 4.74 Å². The van der Waals surface area contributed by atoms with Crippen LogP contribution in [0.25, 0.3) is 11.0 Å². The highest BCUT2D eigenvalue weighted by molar-refractivity contribution is 6.16. The molecule has 1 heterocycles. The molecule has 2 rings (SSSR count). The molecule has 116 valence electrons. The number of hydrogen-bond acceptors (Lipinski definition) is 2. The van der Waals surface area contributed by atoms with Crippen molar-refractivity contribution < 1.29 is 4.74 Å². The smallest absolute Gasteiger partial charge is 0.147 e. The first kappa shape index (κ1) is 16.2. The van der Waals surface area contributed by atoms with E-state index in [0.717, 1.165) is 42.0 Å². The van der Waals surface area contributed by atoms with Gasteiger partial charge >= 0.3 is 0 Å². The van der Waals surface area contributed by atoms with Crippen molar-refractivity contribution in [3.05, 3.63) is 24.0 Å². The van der Waals surface area contributed by atoms with E-state index in [1.54, 1.807) is 0 Å². The molecule has 0 radical (unpaired) electrons. The lowest BCUT2D eigenvalue weighted by Gasteiger charge is -2.24. The summed E-state index contributed by atoms with van der Waals surface area (Å²) >= 11 is 6.11. The van der Waals surface area contributed by atoms with Gasteiger partial charge in [-0.2, -0.15) is 0 Å². The van der Waals surface area contributed by atoms with Gasteiger partial charge in [0, 0.05) is 6.54 Å². The van der Waals surface area contributed by atoms with E-state index >= 15 is 0 Å². The highest BCUT2D eigenvalue weighted by atomic mass is 35.5. The van der Waals surface area contributed by atoms with Gasteiger partial charge < -0.3 is 9.30 Å². The van der Waals surface area contributed by atoms with E-state index in [9.17, 15) is 0 Å². The van der Waals surface area contributed by atoms with E-state index in [2.05, 4.69) is 38.3 Å². The van der Waals surface area contributed by atoms with Crippen molar-refractivity contribution >= 4 is 22.6 Å². The fourth-order valence-corrected chi connectivity index (χ4v) is 2.52. The van der Waals surface area contributed by atoms with Gasteiger partial charge in [0.1, 0.15) is 17.1 Å². The Balaban J connectivity index is 2.49. The zero-order valence-electron chi connectivity index (χ0n) is 13.4. The molecular formula is C17H25ClN2O. The highest BCUT2D eigenvalue weighted by Crippen LogP contribution is 2.31. The fourth-order valence-electron chi connectivity index (χ4n) is 2.32. The molecule has 0 saturated carbocycles. The maximum atomic E-state index is 6.11. The zero-order valence-corrected chi connectivity index (χ0v) is 14.2. The van der Waals surface area contributed by atoms with Crippen LogP contribution in [0, 0.1) is 5.41 Å². The lowest BCUT2D eigenvalue weighted by atomic mass is 9.90. The molecule has 4 heteroatoms. The second-order valence-corrected chi connectivity index (χ2v) is 6.51. The molecule has 1 aromatic carbocycles. The van der Waals surface area contributed by atoms with Gasteiger partial charge in [0.05, 0.1) is 18.0 Å². The van der Waals surface area contributed by atoms with Crippen molar-refractivity contribution in [2.45, 2.75) is 53.0 Å². The molecule has 2 aromatic rings. The summed E-state index contributed by atoms with van der Waals surface area (Å²) in [6.07, 6.45) is 2.10. The van der Waals surface area contributed by atoms with Crippen molar-refractivity contribution in [1.29, 1.82) is 0 Å². The third kappa shape index (κ3) is 3.52. The summed E-state index contributed by atoms with van der Waals surface area (Å²) in [7, 11) is 0. The molecule has 0 bridgehead atoms. The van der Waals surface area contributed by atoms with Crippen LogP contribution in [-0.4, -0.2) is 16.2 Å². The Morgan fingerprint density at radius 1 is 1.29 bits per heavy atom. The molecule has 0 amide bonds. The van der Waals surface area contributed by atoms with Crippen molar-refractivity contribution in [2.24, 2.45) is 5.41 Å².